The second-order valence-corrected chi connectivity index (χ2v) is 7.24. The first kappa shape index (κ1) is 17.0. The van der Waals surface area contributed by atoms with Crippen LogP contribution in [0.2, 0.25) is 5.02 Å². The van der Waals surface area contributed by atoms with Crippen LogP contribution in [0.3, 0.4) is 0 Å². The van der Waals surface area contributed by atoms with Gasteiger partial charge in [0.2, 0.25) is 5.91 Å². The highest BCUT2D eigenvalue weighted by atomic mass is 35.5. The van der Waals surface area contributed by atoms with Gasteiger partial charge in [-0.05, 0) is 37.5 Å². The minimum Gasteiger partial charge on any atom is -0.383 e. The van der Waals surface area contributed by atoms with Crippen molar-refractivity contribution in [2.45, 2.75) is 37.2 Å². The van der Waals surface area contributed by atoms with Crippen molar-refractivity contribution in [3.05, 3.63) is 52.8 Å². The number of carbonyl (C=O) groups excluding carboxylic acids is 1. The molecule has 0 unspecified atom stereocenters. The topological polar surface area (TPSA) is 67.2 Å². The van der Waals surface area contributed by atoms with Crippen LogP contribution in [-0.2, 0) is 22.9 Å². The lowest BCUT2D eigenvalue weighted by atomic mass is 9.63. The van der Waals surface area contributed by atoms with E-state index in [0.29, 0.717) is 10.6 Å². The third-order valence-corrected chi connectivity index (χ3v) is 5.21. The first-order chi connectivity index (χ1) is 11.3. The first-order valence-electron chi connectivity index (χ1n) is 8.09. The van der Waals surface area contributed by atoms with E-state index in [1.165, 1.54) is 0 Å². The van der Waals surface area contributed by atoms with Crippen LogP contribution in [-0.4, -0.2) is 27.3 Å². The fourth-order valence-electron chi connectivity index (χ4n) is 3.17. The van der Waals surface area contributed by atoms with E-state index >= 15 is 0 Å². The van der Waals surface area contributed by atoms with Crippen molar-refractivity contribution in [1.29, 1.82) is 0 Å². The smallest absolute Gasteiger partial charge is 0.230 e. The van der Waals surface area contributed by atoms with Gasteiger partial charge in [-0.2, -0.15) is 5.10 Å². The zero-order valence-electron chi connectivity index (χ0n) is 13.9. The molecule has 6 heteroatoms. The summed E-state index contributed by atoms with van der Waals surface area (Å²) < 4.78 is 1.63. The number of aromatic nitrogens is 2. The van der Waals surface area contributed by atoms with Crippen molar-refractivity contribution in [2.24, 2.45) is 7.05 Å². The van der Waals surface area contributed by atoms with Crippen molar-refractivity contribution < 1.29 is 9.90 Å². The van der Waals surface area contributed by atoms with Gasteiger partial charge in [-0.1, -0.05) is 30.2 Å². The number of aryl methyl sites for hydroxylation is 1. The fraction of sp³-hybridized carbons (Fsp3) is 0.444. The Labute approximate surface area is 146 Å². The van der Waals surface area contributed by atoms with E-state index in [9.17, 15) is 9.90 Å². The van der Waals surface area contributed by atoms with Crippen molar-refractivity contribution in [2.75, 3.05) is 6.54 Å². The van der Waals surface area contributed by atoms with Crippen LogP contribution >= 0.6 is 11.6 Å². The van der Waals surface area contributed by atoms with Crippen LogP contribution in [0.4, 0.5) is 0 Å². The molecule has 1 amide bonds. The van der Waals surface area contributed by atoms with Crippen LogP contribution in [0.5, 0.6) is 0 Å². The number of hydrogen-bond donors (Lipinski definition) is 2. The number of benzene rings is 1. The highest BCUT2D eigenvalue weighted by Gasteiger charge is 2.46. The van der Waals surface area contributed by atoms with Gasteiger partial charge in [0.15, 0.2) is 0 Å². The molecule has 24 heavy (non-hydrogen) atoms. The van der Waals surface area contributed by atoms with Gasteiger partial charge in [-0.25, -0.2) is 0 Å². The summed E-state index contributed by atoms with van der Waals surface area (Å²) in [5.74, 6) is -0.0414. The molecule has 3 rings (SSSR count). The van der Waals surface area contributed by atoms with Crippen LogP contribution in [0.15, 0.2) is 36.7 Å². The minimum atomic E-state index is -1.16. The average molecular weight is 348 g/mol. The van der Waals surface area contributed by atoms with Crippen molar-refractivity contribution in [3.8, 4) is 0 Å². The molecule has 1 aromatic heterocycles. The van der Waals surface area contributed by atoms with Crippen LogP contribution in [0.25, 0.3) is 0 Å². The zero-order valence-corrected chi connectivity index (χ0v) is 14.7. The van der Waals surface area contributed by atoms with E-state index in [0.717, 1.165) is 24.8 Å². The third-order valence-electron chi connectivity index (χ3n) is 4.96. The summed E-state index contributed by atoms with van der Waals surface area (Å²) in [4.78, 5) is 12.8. The largest absolute Gasteiger partial charge is 0.383 e. The molecule has 1 heterocycles. The van der Waals surface area contributed by atoms with Crippen LogP contribution < -0.4 is 5.32 Å². The number of amides is 1. The minimum absolute atomic E-state index is 0.0414. The summed E-state index contributed by atoms with van der Waals surface area (Å²) >= 11 is 5.95. The number of nitrogens with zero attached hydrogens (tertiary/aromatic N) is 2. The fourth-order valence-corrected chi connectivity index (χ4v) is 3.30. The van der Waals surface area contributed by atoms with Gasteiger partial charge in [0, 0.05) is 23.8 Å². The van der Waals surface area contributed by atoms with Gasteiger partial charge < -0.3 is 10.4 Å². The molecule has 0 aliphatic heterocycles. The van der Waals surface area contributed by atoms with E-state index < -0.39 is 11.0 Å². The van der Waals surface area contributed by atoms with Crippen LogP contribution in [0.1, 0.15) is 37.3 Å². The van der Waals surface area contributed by atoms with E-state index in [4.69, 9.17) is 11.6 Å². The van der Waals surface area contributed by atoms with Crippen LogP contribution in [0, 0.1) is 0 Å². The van der Waals surface area contributed by atoms with Crippen molar-refractivity contribution >= 4 is 17.5 Å². The molecule has 2 aromatic rings. The van der Waals surface area contributed by atoms with Gasteiger partial charge in [0.1, 0.15) is 5.60 Å². The molecule has 5 nitrogen and oxygen atoms in total. The predicted octanol–water partition coefficient (Wildman–Crippen LogP) is 2.52. The lowest BCUT2D eigenvalue weighted by molar-refractivity contribution is -0.131. The van der Waals surface area contributed by atoms with Gasteiger partial charge in [0.05, 0.1) is 18.2 Å². The second-order valence-electron chi connectivity index (χ2n) is 6.80. The van der Waals surface area contributed by atoms with Gasteiger partial charge in [0.25, 0.3) is 0 Å². The monoisotopic (exact) mass is 347 g/mol. The molecule has 0 radical (unpaired) electrons. The Morgan fingerprint density at radius 3 is 2.58 bits per heavy atom. The number of halogens is 1. The summed E-state index contributed by atoms with van der Waals surface area (Å²) in [6, 6.07) is 7.47. The Kier molecular flexibility index (Phi) is 4.40. The maximum absolute atomic E-state index is 12.8. The molecule has 1 aliphatic carbocycles. The van der Waals surface area contributed by atoms with Crippen molar-refractivity contribution in [3.63, 3.8) is 0 Å². The van der Waals surface area contributed by atoms with E-state index in [2.05, 4.69) is 10.4 Å². The predicted molar refractivity (Wildman–Crippen MR) is 92.8 cm³/mol. The molecular formula is C18H22ClN3O2. The molecule has 0 saturated heterocycles. The maximum atomic E-state index is 12.8. The lowest BCUT2D eigenvalue weighted by Crippen LogP contribution is -2.52. The molecule has 128 valence electrons. The maximum Gasteiger partial charge on any atom is 0.230 e. The lowest BCUT2D eigenvalue weighted by Gasteiger charge is -2.41. The van der Waals surface area contributed by atoms with Gasteiger partial charge in [-0.3, -0.25) is 9.48 Å². The average Bonchev–Trinajstić information content (AvgIpc) is 2.93. The van der Waals surface area contributed by atoms with Gasteiger partial charge >= 0.3 is 0 Å². The molecular weight excluding hydrogens is 326 g/mol. The number of hydrogen-bond acceptors (Lipinski definition) is 3. The Morgan fingerprint density at radius 1 is 1.42 bits per heavy atom. The summed E-state index contributed by atoms with van der Waals surface area (Å²) in [5, 5.41) is 18.3. The van der Waals surface area contributed by atoms with E-state index in [1.807, 2.05) is 24.3 Å². The summed E-state index contributed by atoms with van der Waals surface area (Å²) in [5.41, 5.74) is 0.000835. The highest BCUT2D eigenvalue weighted by Crippen LogP contribution is 2.44. The highest BCUT2D eigenvalue weighted by molar-refractivity contribution is 6.30. The Balaban J connectivity index is 1.72. The SMILES string of the molecule is Cn1cc([C@](C)(O)CNC(=O)C2(c3ccc(Cl)cc3)CCC2)cn1. The quantitative estimate of drug-likeness (QED) is 0.873. The number of rotatable bonds is 5. The van der Waals surface area contributed by atoms with E-state index in [-0.39, 0.29) is 12.5 Å². The zero-order chi connectivity index (χ0) is 17.4. The Bertz CT molecular complexity index is 733. The summed E-state index contributed by atoms with van der Waals surface area (Å²) in [6.45, 7) is 1.83. The molecule has 1 aliphatic rings. The Morgan fingerprint density at radius 2 is 2.08 bits per heavy atom. The van der Waals surface area contributed by atoms with E-state index in [1.54, 1.807) is 31.0 Å². The molecule has 0 spiro atoms. The number of carbonyl (C=O) groups is 1. The standard InChI is InChI=1S/C18H22ClN3O2/c1-17(24,14-10-21-22(2)11-14)12-20-16(23)18(8-3-9-18)13-4-6-15(19)7-5-13/h4-7,10-11,24H,3,8-9,12H2,1-2H3,(H,20,23)/t17-/m1/s1. The molecule has 1 saturated carbocycles. The van der Waals surface area contributed by atoms with Crippen molar-refractivity contribution in [1.82, 2.24) is 15.1 Å². The normalized spacial score (nSPS) is 18.5. The summed E-state index contributed by atoms with van der Waals surface area (Å²) in [6.07, 6.45) is 6.02. The second kappa shape index (κ2) is 6.22. The first-order valence-corrected chi connectivity index (χ1v) is 8.47. The summed E-state index contributed by atoms with van der Waals surface area (Å²) in [7, 11) is 1.79. The van der Waals surface area contributed by atoms with Gasteiger partial charge in [-0.15, -0.1) is 0 Å². The molecule has 2 N–H and O–H groups in total. The Hall–Kier alpha value is -1.85. The third kappa shape index (κ3) is 3.06. The molecule has 1 aromatic carbocycles. The number of nitrogens with one attached hydrogen (secondary N) is 1. The molecule has 1 atom stereocenters. The number of aliphatic hydroxyl groups is 1. The molecule has 0 bridgehead atoms. The molecule has 1 fully saturated rings.